The normalized spacial score (nSPS) is 22.5. The highest BCUT2D eigenvalue weighted by Crippen LogP contribution is 2.36. The summed E-state index contributed by atoms with van der Waals surface area (Å²) in [5.41, 5.74) is 3.01. The Hall–Kier alpha value is -2.57. The van der Waals surface area contributed by atoms with E-state index >= 15 is 0 Å². The van der Waals surface area contributed by atoms with Crippen molar-refractivity contribution in [3.05, 3.63) is 76.4 Å². The molecule has 5 nitrogen and oxygen atoms in total. The van der Waals surface area contributed by atoms with Gasteiger partial charge in [-0.3, -0.25) is 14.9 Å². The third-order valence-electron chi connectivity index (χ3n) is 4.97. The minimum absolute atomic E-state index is 0.0275. The molecule has 0 bridgehead atoms. The summed E-state index contributed by atoms with van der Waals surface area (Å²) >= 11 is 1.76. The van der Waals surface area contributed by atoms with Crippen LogP contribution < -0.4 is 5.32 Å². The summed E-state index contributed by atoms with van der Waals surface area (Å²) in [6.07, 6.45) is 6.87. The second kappa shape index (κ2) is 6.63. The molecule has 0 radical (unpaired) electrons. The topological polar surface area (TPSA) is 53.4 Å². The van der Waals surface area contributed by atoms with Crippen molar-refractivity contribution in [2.45, 2.75) is 18.6 Å². The van der Waals surface area contributed by atoms with Gasteiger partial charge in [-0.1, -0.05) is 6.07 Å². The van der Waals surface area contributed by atoms with Gasteiger partial charge in [-0.05, 0) is 42.1 Å². The molecule has 2 unspecified atom stereocenters. The Morgan fingerprint density at radius 3 is 2.73 bits per heavy atom. The predicted molar refractivity (Wildman–Crippen MR) is 105 cm³/mol. The lowest BCUT2D eigenvalue weighted by molar-refractivity contribution is 0.118. The number of fused-ring (bicyclic) bond motifs is 1. The van der Waals surface area contributed by atoms with E-state index in [4.69, 9.17) is 4.99 Å². The Bertz CT molecular complexity index is 918. The van der Waals surface area contributed by atoms with Crippen molar-refractivity contribution in [2.75, 3.05) is 18.4 Å². The van der Waals surface area contributed by atoms with Crippen LogP contribution in [0.5, 0.6) is 0 Å². The van der Waals surface area contributed by atoms with E-state index < -0.39 is 0 Å². The maximum absolute atomic E-state index is 5.26. The molecule has 2 aliphatic rings. The van der Waals surface area contributed by atoms with Crippen LogP contribution in [0, 0.1) is 0 Å². The van der Waals surface area contributed by atoms with Crippen LogP contribution >= 0.6 is 11.3 Å². The Morgan fingerprint density at radius 2 is 2.00 bits per heavy atom. The van der Waals surface area contributed by atoms with Crippen molar-refractivity contribution < 1.29 is 0 Å². The van der Waals surface area contributed by atoms with Gasteiger partial charge in [0.15, 0.2) is 0 Å². The molecule has 0 spiro atoms. The third-order valence-corrected chi connectivity index (χ3v) is 5.91. The quantitative estimate of drug-likeness (QED) is 0.775. The standard InChI is InChI=1S/C20H19N5S/c1-5-14(13-21-8-1)17-15-6-2-9-22-19(15)24-20(25-10-4-11-25)18(23-17)16-7-3-12-26-16/h1-3,5-9,12-13,18,20H,4,10-11H2,(H,22,24). The molecular formula is C20H19N5S. The largest absolute Gasteiger partial charge is 0.352 e. The van der Waals surface area contributed by atoms with Gasteiger partial charge in [0.1, 0.15) is 18.0 Å². The zero-order valence-electron chi connectivity index (χ0n) is 14.2. The van der Waals surface area contributed by atoms with Crippen LogP contribution in [0.4, 0.5) is 5.82 Å². The monoisotopic (exact) mass is 361 g/mol. The SMILES string of the molecule is c1cncc(C2=NC(c3cccs3)C(N3CCC3)Nc3ncccc32)c1. The number of hydrogen-bond acceptors (Lipinski definition) is 6. The fourth-order valence-electron chi connectivity index (χ4n) is 3.53. The molecule has 26 heavy (non-hydrogen) atoms. The number of aliphatic imine (C=N–C) groups is 1. The summed E-state index contributed by atoms with van der Waals surface area (Å²) in [6, 6.07) is 12.4. The van der Waals surface area contributed by atoms with E-state index in [1.54, 1.807) is 17.5 Å². The van der Waals surface area contributed by atoms with E-state index in [1.165, 1.54) is 11.3 Å². The maximum Gasteiger partial charge on any atom is 0.136 e. The van der Waals surface area contributed by atoms with E-state index in [1.807, 2.05) is 24.5 Å². The Morgan fingerprint density at radius 1 is 1.08 bits per heavy atom. The van der Waals surface area contributed by atoms with Gasteiger partial charge in [0.2, 0.25) is 0 Å². The van der Waals surface area contributed by atoms with Crippen molar-refractivity contribution in [3.63, 3.8) is 0 Å². The predicted octanol–water partition coefficient (Wildman–Crippen LogP) is 3.57. The van der Waals surface area contributed by atoms with Crippen molar-refractivity contribution in [2.24, 2.45) is 4.99 Å². The summed E-state index contributed by atoms with van der Waals surface area (Å²) in [5.74, 6) is 0.894. The van der Waals surface area contributed by atoms with Crippen LogP contribution in [0.1, 0.15) is 28.5 Å². The van der Waals surface area contributed by atoms with Gasteiger partial charge in [0.05, 0.1) is 5.71 Å². The molecule has 5 heterocycles. The number of anilines is 1. The van der Waals surface area contributed by atoms with E-state index in [2.05, 4.69) is 49.8 Å². The Kier molecular flexibility index (Phi) is 3.99. The highest BCUT2D eigenvalue weighted by atomic mass is 32.1. The summed E-state index contributed by atoms with van der Waals surface area (Å²) in [6.45, 7) is 2.19. The Labute approximate surface area is 156 Å². The molecule has 130 valence electrons. The smallest absolute Gasteiger partial charge is 0.136 e. The second-order valence-corrected chi connectivity index (χ2v) is 7.54. The van der Waals surface area contributed by atoms with Gasteiger partial charge in [0, 0.05) is 47.7 Å². The highest BCUT2D eigenvalue weighted by Gasteiger charge is 2.36. The zero-order chi connectivity index (χ0) is 17.3. The average Bonchev–Trinajstić information content (AvgIpc) is 3.11. The molecule has 0 aromatic carbocycles. The molecule has 0 aliphatic carbocycles. The van der Waals surface area contributed by atoms with Crippen LogP contribution in [-0.2, 0) is 0 Å². The number of pyridine rings is 2. The van der Waals surface area contributed by atoms with Crippen LogP contribution in [0.2, 0.25) is 0 Å². The molecule has 1 saturated heterocycles. The average molecular weight is 361 g/mol. The summed E-state index contributed by atoms with van der Waals surface area (Å²) in [7, 11) is 0. The minimum Gasteiger partial charge on any atom is -0.352 e. The van der Waals surface area contributed by atoms with Crippen LogP contribution in [0.15, 0.2) is 65.4 Å². The van der Waals surface area contributed by atoms with Crippen molar-refractivity contribution in [1.29, 1.82) is 0 Å². The summed E-state index contributed by atoms with van der Waals surface area (Å²) in [4.78, 5) is 17.9. The molecule has 3 aromatic heterocycles. The number of nitrogens with one attached hydrogen (secondary N) is 1. The number of hydrogen-bond donors (Lipinski definition) is 1. The lowest BCUT2D eigenvalue weighted by atomic mass is 10.0. The first-order valence-corrected chi connectivity index (χ1v) is 9.76. The lowest BCUT2D eigenvalue weighted by Crippen LogP contribution is -2.51. The van der Waals surface area contributed by atoms with Gasteiger partial charge in [-0.15, -0.1) is 11.3 Å². The second-order valence-electron chi connectivity index (χ2n) is 6.56. The molecule has 5 rings (SSSR count). The summed E-state index contributed by atoms with van der Waals surface area (Å²) in [5, 5.41) is 5.81. The first kappa shape index (κ1) is 15.7. The van der Waals surface area contributed by atoms with E-state index in [-0.39, 0.29) is 12.2 Å². The number of aromatic nitrogens is 2. The first-order valence-electron chi connectivity index (χ1n) is 8.88. The van der Waals surface area contributed by atoms with E-state index in [9.17, 15) is 0 Å². The fourth-order valence-corrected chi connectivity index (χ4v) is 4.32. The minimum atomic E-state index is 0.0275. The van der Waals surface area contributed by atoms with Crippen molar-refractivity contribution in [3.8, 4) is 0 Å². The zero-order valence-corrected chi connectivity index (χ0v) is 15.1. The maximum atomic E-state index is 5.26. The first-order chi connectivity index (χ1) is 12.9. The molecule has 1 fully saturated rings. The molecule has 6 heteroatoms. The van der Waals surface area contributed by atoms with Crippen LogP contribution in [0.25, 0.3) is 0 Å². The molecular weight excluding hydrogens is 342 g/mol. The molecule has 1 N–H and O–H groups in total. The number of nitrogens with zero attached hydrogens (tertiary/aromatic N) is 4. The number of rotatable bonds is 3. The third kappa shape index (κ3) is 2.71. The molecule has 3 aromatic rings. The van der Waals surface area contributed by atoms with Crippen LogP contribution in [-0.4, -0.2) is 39.8 Å². The van der Waals surface area contributed by atoms with Gasteiger partial charge in [-0.2, -0.15) is 0 Å². The van der Waals surface area contributed by atoms with Gasteiger partial charge in [0.25, 0.3) is 0 Å². The van der Waals surface area contributed by atoms with E-state index in [0.717, 1.165) is 35.7 Å². The molecule has 2 aliphatic heterocycles. The number of likely N-dealkylation sites (tertiary alicyclic amines) is 1. The fraction of sp³-hybridized carbons (Fsp3) is 0.250. The van der Waals surface area contributed by atoms with Gasteiger partial charge < -0.3 is 5.32 Å². The van der Waals surface area contributed by atoms with Crippen molar-refractivity contribution in [1.82, 2.24) is 14.9 Å². The summed E-state index contributed by atoms with van der Waals surface area (Å²) < 4.78 is 0. The van der Waals surface area contributed by atoms with Crippen LogP contribution in [0.3, 0.4) is 0 Å². The molecule has 0 saturated carbocycles. The highest BCUT2D eigenvalue weighted by molar-refractivity contribution is 7.10. The van der Waals surface area contributed by atoms with Gasteiger partial charge >= 0.3 is 0 Å². The van der Waals surface area contributed by atoms with Gasteiger partial charge in [-0.25, -0.2) is 4.98 Å². The molecule has 2 atom stereocenters. The number of thiophene rings is 1. The van der Waals surface area contributed by atoms with E-state index in [0.29, 0.717) is 0 Å². The molecule has 0 amide bonds. The lowest BCUT2D eigenvalue weighted by Gasteiger charge is -2.40. The Balaban J connectivity index is 1.69. The van der Waals surface area contributed by atoms with Crippen molar-refractivity contribution >= 4 is 22.9 Å².